The average molecular weight is 348 g/mol. The quantitative estimate of drug-likeness (QED) is 0.848. The predicted octanol–water partition coefficient (Wildman–Crippen LogP) is 1.86. The van der Waals surface area contributed by atoms with Crippen molar-refractivity contribution in [2.24, 2.45) is 11.7 Å². The number of likely N-dealkylation sites (tertiary alicyclic amines) is 1. The monoisotopic (exact) mass is 348 g/mol. The van der Waals surface area contributed by atoms with E-state index in [0.29, 0.717) is 13.0 Å². The van der Waals surface area contributed by atoms with E-state index in [0.717, 1.165) is 42.7 Å². The Balaban J connectivity index is 2.07. The Morgan fingerprint density at radius 3 is 2.80 bits per heavy atom. The van der Waals surface area contributed by atoms with E-state index in [1.54, 1.807) is 14.2 Å². The Morgan fingerprint density at radius 1 is 1.32 bits per heavy atom. The molecule has 1 saturated carbocycles. The predicted molar refractivity (Wildman–Crippen MR) is 94.6 cm³/mol. The van der Waals surface area contributed by atoms with Crippen LogP contribution in [0.1, 0.15) is 43.7 Å². The van der Waals surface area contributed by atoms with E-state index in [4.69, 9.17) is 15.2 Å². The maximum Gasteiger partial charge on any atom is 0.231 e. The number of piperidine rings is 1. The van der Waals surface area contributed by atoms with Crippen LogP contribution in [0.3, 0.4) is 0 Å². The second-order valence-electron chi connectivity index (χ2n) is 7.20. The minimum absolute atomic E-state index is 0.0513. The minimum Gasteiger partial charge on any atom is -0.497 e. The Kier molecular flexibility index (Phi) is 5.20. The number of nitrogens with zero attached hydrogens (tertiary/aromatic N) is 1. The Morgan fingerprint density at radius 2 is 2.12 bits per heavy atom. The molecule has 0 bridgehead atoms. The number of amides is 1. The molecule has 1 aromatic rings. The molecule has 3 rings (SSSR count). The van der Waals surface area contributed by atoms with Crippen LogP contribution in [-0.2, 0) is 4.79 Å². The smallest absolute Gasteiger partial charge is 0.231 e. The van der Waals surface area contributed by atoms with Gasteiger partial charge in [0.05, 0.1) is 26.4 Å². The van der Waals surface area contributed by atoms with Gasteiger partial charge in [-0.25, -0.2) is 0 Å². The summed E-state index contributed by atoms with van der Waals surface area (Å²) in [5, 5.41) is 11.2. The number of ether oxygens (including phenoxy) is 2. The van der Waals surface area contributed by atoms with E-state index in [9.17, 15) is 9.90 Å². The summed E-state index contributed by atoms with van der Waals surface area (Å²) in [4.78, 5) is 13.7. The third kappa shape index (κ3) is 3.46. The summed E-state index contributed by atoms with van der Waals surface area (Å²) in [6.45, 7) is 0.818. The van der Waals surface area contributed by atoms with Crippen LogP contribution >= 0.6 is 0 Å². The van der Waals surface area contributed by atoms with Crippen LogP contribution < -0.4 is 15.2 Å². The van der Waals surface area contributed by atoms with E-state index in [1.165, 1.54) is 0 Å². The Bertz CT molecular complexity index is 636. The van der Waals surface area contributed by atoms with Gasteiger partial charge in [-0.2, -0.15) is 0 Å². The third-order valence-electron chi connectivity index (χ3n) is 5.79. The molecule has 138 valence electrons. The number of hydrogen-bond acceptors (Lipinski definition) is 5. The van der Waals surface area contributed by atoms with E-state index in [2.05, 4.69) is 4.90 Å². The number of benzene rings is 1. The molecule has 25 heavy (non-hydrogen) atoms. The van der Waals surface area contributed by atoms with Crippen LogP contribution in [0.2, 0.25) is 0 Å². The molecule has 1 aliphatic carbocycles. The third-order valence-corrected chi connectivity index (χ3v) is 5.79. The van der Waals surface area contributed by atoms with Crippen LogP contribution in [0, 0.1) is 5.92 Å². The van der Waals surface area contributed by atoms with Crippen LogP contribution in [0.15, 0.2) is 18.2 Å². The number of carbonyl (C=O) groups is 1. The van der Waals surface area contributed by atoms with Gasteiger partial charge >= 0.3 is 0 Å². The summed E-state index contributed by atoms with van der Waals surface area (Å²) < 4.78 is 11.0. The maximum absolute atomic E-state index is 11.6. The fourth-order valence-corrected chi connectivity index (χ4v) is 4.60. The van der Waals surface area contributed by atoms with Crippen LogP contribution in [0.25, 0.3) is 0 Å². The largest absolute Gasteiger partial charge is 0.497 e. The summed E-state index contributed by atoms with van der Waals surface area (Å²) in [6, 6.07) is 5.58. The molecule has 1 saturated heterocycles. The first-order chi connectivity index (χ1) is 12.0. The van der Waals surface area contributed by atoms with Crippen molar-refractivity contribution in [3.8, 4) is 11.5 Å². The number of rotatable bonds is 5. The molecule has 1 amide bonds. The number of primary amides is 1. The zero-order valence-electron chi connectivity index (χ0n) is 15.0. The van der Waals surface area contributed by atoms with Gasteiger partial charge in [0.15, 0.2) is 0 Å². The number of fused-ring (bicyclic) bond motifs is 1. The molecule has 0 unspecified atom stereocenters. The van der Waals surface area contributed by atoms with Crippen LogP contribution in [0.4, 0.5) is 0 Å². The highest BCUT2D eigenvalue weighted by atomic mass is 16.5. The molecule has 3 N–H and O–H groups in total. The molecule has 1 aliphatic heterocycles. The number of aliphatic hydroxyl groups is 1. The summed E-state index contributed by atoms with van der Waals surface area (Å²) in [6.07, 6.45) is 4.54. The van der Waals surface area contributed by atoms with Crippen LogP contribution in [0.5, 0.6) is 11.5 Å². The van der Waals surface area contributed by atoms with Crippen molar-refractivity contribution >= 4 is 5.91 Å². The fraction of sp³-hybridized carbons (Fsp3) is 0.632. The van der Waals surface area contributed by atoms with Gasteiger partial charge in [0.1, 0.15) is 11.5 Å². The molecule has 6 nitrogen and oxygen atoms in total. The lowest BCUT2D eigenvalue weighted by Crippen LogP contribution is -2.56. The summed E-state index contributed by atoms with van der Waals surface area (Å²) in [7, 11) is 3.27. The number of carbonyl (C=O) groups excluding carboxylic acids is 1. The molecule has 2 aliphatic rings. The molecule has 0 radical (unpaired) electrons. The van der Waals surface area contributed by atoms with Gasteiger partial charge in [-0.3, -0.25) is 9.69 Å². The van der Waals surface area contributed by atoms with Crippen molar-refractivity contribution in [3.63, 3.8) is 0 Å². The second-order valence-corrected chi connectivity index (χ2v) is 7.20. The van der Waals surface area contributed by atoms with Gasteiger partial charge in [0.2, 0.25) is 5.91 Å². The summed E-state index contributed by atoms with van der Waals surface area (Å²) >= 11 is 0. The van der Waals surface area contributed by atoms with Crippen molar-refractivity contribution in [2.45, 2.75) is 43.7 Å². The molecule has 1 heterocycles. The Hall–Kier alpha value is -1.79. The average Bonchev–Trinajstić information content (AvgIpc) is 2.60. The van der Waals surface area contributed by atoms with Crippen molar-refractivity contribution in [1.29, 1.82) is 0 Å². The van der Waals surface area contributed by atoms with Crippen LogP contribution in [-0.4, -0.2) is 48.8 Å². The lowest BCUT2D eigenvalue weighted by Gasteiger charge is -2.52. The topological polar surface area (TPSA) is 85.0 Å². The molecular weight excluding hydrogens is 320 g/mol. The number of nitrogens with two attached hydrogens (primary N) is 1. The van der Waals surface area contributed by atoms with Gasteiger partial charge in [-0.05, 0) is 37.5 Å². The van der Waals surface area contributed by atoms with Gasteiger partial charge in [0.25, 0.3) is 0 Å². The second kappa shape index (κ2) is 7.22. The van der Waals surface area contributed by atoms with Crippen molar-refractivity contribution in [1.82, 2.24) is 4.90 Å². The zero-order chi connectivity index (χ0) is 18.0. The summed E-state index contributed by atoms with van der Waals surface area (Å²) in [5.74, 6) is 1.18. The van der Waals surface area contributed by atoms with Gasteiger partial charge < -0.3 is 20.3 Å². The zero-order valence-corrected chi connectivity index (χ0v) is 15.0. The van der Waals surface area contributed by atoms with Gasteiger partial charge in [-0.15, -0.1) is 0 Å². The van der Waals surface area contributed by atoms with Crippen molar-refractivity contribution in [2.75, 3.05) is 27.3 Å². The maximum atomic E-state index is 11.6. The molecule has 3 atom stereocenters. The standard InChI is InChI=1S/C19H28N2O4/c1-24-13-6-7-16(25-2)14(11-13)18-15-5-3-4-8-19(15,23)9-10-21(18)12-17(20)22/h6-7,11,15,18,23H,3-5,8-10,12H2,1-2H3,(H2,20,22)/t15-,18-,19-/m1/s1. The van der Waals surface area contributed by atoms with E-state index < -0.39 is 5.60 Å². The van der Waals surface area contributed by atoms with E-state index in [1.807, 2.05) is 18.2 Å². The number of hydrogen-bond donors (Lipinski definition) is 2. The molecule has 6 heteroatoms. The van der Waals surface area contributed by atoms with Gasteiger partial charge in [0, 0.05) is 24.1 Å². The number of methoxy groups -OCH3 is 2. The van der Waals surface area contributed by atoms with E-state index >= 15 is 0 Å². The molecule has 1 aromatic carbocycles. The van der Waals surface area contributed by atoms with Gasteiger partial charge in [-0.1, -0.05) is 12.8 Å². The lowest BCUT2D eigenvalue weighted by molar-refractivity contribution is -0.136. The van der Waals surface area contributed by atoms with E-state index in [-0.39, 0.29) is 24.4 Å². The van der Waals surface area contributed by atoms with Crippen molar-refractivity contribution in [3.05, 3.63) is 23.8 Å². The highest BCUT2D eigenvalue weighted by Gasteiger charge is 2.49. The molecule has 0 aromatic heterocycles. The molecular formula is C19H28N2O4. The normalized spacial score (nSPS) is 29.7. The summed E-state index contributed by atoms with van der Waals surface area (Å²) in [5.41, 5.74) is 5.75. The first-order valence-corrected chi connectivity index (χ1v) is 8.95. The molecule has 0 spiro atoms. The first-order valence-electron chi connectivity index (χ1n) is 8.95. The van der Waals surface area contributed by atoms with Crippen molar-refractivity contribution < 1.29 is 19.4 Å². The lowest BCUT2D eigenvalue weighted by atomic mass is 9.66. The SMILES string of the molecule is COc1ccc(OC)c([C@@H]2[C@H]3CCCC[C@@]3(O)CCN2CC(N)=O)c1. The first kappa shape index (κ1) is 18.0. The Labute approximate surface area is 148 Å². The fourth-order valence-electron chi connectivity index (χ4n) is 4.60. The minimum atomic E-state index is -0.689. The highest BCUT2D eigenvalue weighted by molar-refractivity contribution is 5.76. The molecule has 2 fully saturated rings. The highest BCUT2D eigenvalue weighted by Crippen LogP contribution is 2.51.